The molecule has 0 spiro atoms. The monoisotopic (exact) mass is 203 g/mol. The van der Waals surface area contributed by atoms with E-state index in [0.717, 1.165) is 0 Å². The van der Waals surface area contributed by atoms with E-state index in [1.807, 2.05) is 0 Å². The average molecular weight is 203 g/mol. The van der Waals surface area contributed by atoms with Crippen molar-refractivity contribution in [1.82, 2.24) is 4.90 Å². The SMILES string of the molecule is CC(O)CN(C)C(=O)C(N)CC(N)=O. The van der Waals surface area contributed by atoms with Crippen LogP contribution in [0, 0.1) is 0 Å². The Bertz CT molecular complexity index is 218. The molecule has 82 valence electrons. The molecule has 2 amide bonds. The number of nitrogens with two attached hydrogens (primary N) is 2. The third-order valence-electron chi connectivity index (χ3n) is 1.65. The minimum absolute atomic E-state index is 0.178. The Morgan fingerprint density at radius 1 is 1.50 bits per heavy atom. The van der Waals surface area contributed by atoms with Gasteiger partial charge in [-0.1, -0.05) is 0 Å². The van der Waals surface area contributed by atoms with E-state index < -0.39 is 24.0 Å². The van der Waals surface area contributed by atoms with E-state index in [-0.39, 0.29) is 13.0 Å². The van der Waals surface area contributed by atoms with Crippen LogP contribution in [0.25, 0.3) is 0 Å². The fraction of sp³-hybridized carbons (Fsp3) is 0.750. The minimum Gasteiger partial charge on any atom is -0.392 e. The van der Waals surface area contributed by atoms with Gasteiger partial charge in [-0.15, -0.1) is 0 Å². The van der Waals surface area contributed by atoms with Gasteiger partial charge in [-0.2, -0.15) is 0 Å². The molecule has 0 saturated heterocycles. The fourth-order valence-corrected chi connectivity index (χ4v) is 1.07. The number of carbonyl (C=O) groups excluding carboxylic acids is 2. The lowest BCUT2D eigenvalue weighted by Crippen LogP contribution is -2.45. The molecule has 5 N–H and O–H groups in total. The highest BCUT2D eigenvalue weighted by Gasteiger charge is 2.20. The molecule has 0 radical (unpaired) electrons. The van der Waals surface area contributed by atoms with E-state index >= 15 is 0 Å². The summed E-state index contributed by atoms with van der Waals surface area (Å²) in [6, 6.07) is -0.920. The quantitative estimate of drug-likeness (QED) is 0.481. The van der Waals surface area contributed by atoms with Crippen molar-refractivity contribution in [3.8, 4) is 0 Å². The second-order valence-corrected chi connectivity index (χ2v) is 3.34. The second-order valence-electron chi connectivity index (χ2n) is 3.34. The Labute approximate surface area is 82.9 Å². The van der Waals surface area contributed by atoms with E-state index in [2.05, 4.69) is 0 Å². The first kappa shape index (κ1) is 12.9. The summed E-state index contributed by atoms with van der Waals surface area (Å²) in [6.45, 7) is 1.74. The van der Waals surface area contributed by atoms with E-state index in [1.165, 1.54) is 11.9 Å². The van der Waals surface area contributed by atoms with Crippen molar-refractivity contribution in [3.05, 3.63) is 0 Å². The van der Waals surface area contributed by atoms with Gasteiger partial charge in [-0.25, -0.2) is 0 Å². The van der Waals surface area contributed by atoms with Gasteiger partial charge in [-0.3, -0.25) is 9.59 Å². The number of hydrogen-bond acceptors (Lipinski definition) is 4. The summed E-state index contributed by atoms with van der Waals surface area (Å²) >= 11 is 0. The third-order valence-corrected chi connectivity index (χ3v) is 1.65. The number of amides is 2. The van der Waals surface area contributed by atoms with Crippen molar-refractivity contribution in [2.24, 2.45) is 11.5 Å². The number of aliphatic hydroxyl groups excluding tert-OH is 1. The lowest BCUT2D eigenvalue weighted by molar-refractivity contribution is -0.134. The first-order chi connectivity index (χ1) is 6.34. The normalized spacial score (nSPS) is 14.6. The van der Waals surface area contributed by atoms with Crippen molar-refractivity contribution in [2.75, 3.05) is 13.6 Å². The summed E-state index contributed by atoms with van der Waals surface area (Å²) in [5.74, 6) is -1.01. The lowest BCUT2D eigenvalue weighted by Gasteiger charge is -2.21. The number of carbonyl (C=O) groups is 2. The second kappa shape index (κ2) is 5.56. The molecule has 0 aliphatic carbocycles. The van der Waals surface area contributed by atoms with Gasteiger partial charge in [0.05, 0.1) is 18.6 Å². The van der Waals surface area contributed by atoms with E-state index in [0.29, 0.717) is 0 Å². The fourth-order valence-electron chi connectivity index (χ4n) is 1.07. The Morgan fingerprint density at radius 3 is 2.36 bits per heavy atom. The van der Waals surface area contributed by atoms with Crippen LogP contribution < -0.4 is 11.5 Å². The Hall–Kier alpha value is -1.14. The topological polar surface area (TPSA) is 110 Å². The summed E-state index contributed by atoms with van der Waals surface area (Å²) in [7, 11) is 1.51. The van der Waals surface area contributed by atoms with Gasteiger partial charge in [0.2, 0.25) is 11.8 Å². The van der Waals surface area contributed by atoms with Crippen LogP contribution in [0.15, 0.2) is 0 Å². The van der Waals surface area contributed by atoms with Crippen LogP contribution in [0.2, 0.25) is 0 Å². The highest BCUT2D eigenvalue weighted by molar-refractivity contribution is 5.87. The molecule has 0 fully saturated rings. The zero-order chi connectivity index (χ0) is 11.3. The first-order valence-electron chi connectivity index (χ1n) is 4.31. The molecule has 6 heteroatoms. The number of primary amides is 1. The Balaban J connectivity index is 4.10. The van der Waals surface area contributed by atoms with Gasteiger partial charge in [0.15, 0.2) is 0 Å². The summed E-state index contributed by atoms with van der Waals surface area (Å²) in [5.41, 5.74) is 10.3. The predicted molar refractivity (Wildman–Crippen MR) is 51.1 cm³/mol. The number of likely N-dealkylation sites (N-methyl/N-ethyl adjacent to an activating group) is 1. The van der Waals surface area contributed by atoms with Crippen LogP contribution in [0.4, 0.5) is 0 Å². The van der Waals surface area contributed by atoms with Crippen molar-refractivity contribution >= 4 is 11.8 Å². The molecule has 2 unspecified atom stereocenters. The molecule has 6 nitrogen and oxygen atoms in total. The molecule has 0 aromatic rings. The highest BCUT2D eigenvalue weighted by Crippen LogP contribution is 1.96. The molecule has 0 heterocycles. The van der Waals surface area contributed by atoms with Crippen molar-refractivity contribution in [2.45, 2.75) is 25.5 Å². The van der Waals surface area contributed by atoms with Gasteiger partial charge in [0.1, 0.15) is 0 Å². The maximum Gasteiger partial charge on any atom is 0.239 e. The van der Waals surface area contributed by atoms with Gasteiger partial charge >= 0.3 is 0 Å². The number of hydrogen-bond donors (Lipinski definition) is 3. The van der Waals surface area contributed by atoms with E-state index in [1.54, 1.807) is 6.92 Å². The third kappa shape index (κ3) is 4.78. The van der Waals surface area contributed by atoms with Gasteiger partial charge in [0.25, 0.3) is 0 Å². The van der Waals surface area contributed by atoms with Gasteiger partial charge in [0, 0.05) is 13.6 Å². The summed E-state index contributed by atoms with van der Waals surface area (Å²) < 4.78 is 0. The molecule has 0 aliphatic heterocycles. The number of aliphatic hydroxyl groups is 1. The zero-order valence-corrected chi connectivity index (χ0v) is 8.43. The molecule has 2 atom stereocenters. The molecule has 0 saturated carbocycles. The van der Waals surface area contributed by atoms with Crippen molar-refractivity contribution < 1.29 is 14.7 Å². The highest BCUT2D eigenvalue weighted by atomic mass is 16.3. The van der Waals surface area contributed by atoms with Crippen LogP contribution in [0.5, 0.6) is 0 Å². The average Bonchev–Trinajstić information content (AvgIpc) is 2.00. The zero-order valence-electron chi connectivity index (χ0n) is 8.43. The molecule has 0 rings (SSSR count). The van der Waals surface area contributed by atoms with Crippen LogP contribution in [0.3, 0.4) is 0 Å². The van der Waals surface area contributed by atoms with E-state index in [9.17, 15) is 9.59 Å². The summed E-state index contributed by atoms with van der Waals surface area (Å²) in [4.78, 5) is 23.2. The van der Waals surface area contributed by atoms with Crippen molar-refractivity contribution in [3.63, 3.8) is 0 Å². The van der Waals surface area contributed by atoms with Gasteiger partial charge in [-0.05, 0) is 6.92 Å². The van der Waals surface area contributed by atoms with Gasteiger partial charge < -0.3 is 21.5 Å². The molecule has 0 aromatic heterocycles. The maximum absolute atomic E-state index is 11.4. The molecular formula is C8H17N3O3. The molecule has 14 heavy (non-hydrogen) atoms. The van der Waals surface area contributed by atoms with E-state index in [4.69, 9.17) is 16.6 Å². The number of rotatable bonds is 5. The Kier molecular flexibility index (Phi) is 5.11. The van der Waals surface area contributed by atoms with Crippen LogP contribution >= 0.6 is 0 Å². The lowest BCUT2D eigenvalue weighted by atomic mass is 10.2. The van der Waals surface area contributed by atoms with Crippen LogP contribution in [0.1, 0.15) is 13.3 Å². The molecule has 0 bridgehead atoms. The summed E-state index contributed by atoms with van der Waals surface area (Å²) in [5, 5.41) is 9.01. The molecule has 0 aliphatic rings. The number of nitrogens with zero attached hydrogens (tertiary/aromatic N) is 1. The largest absolute Gasteiger partial charge is 0.392 e. The standard InChI is InChI=1S/C8H17N3O3/c1-5(12)4-11(2)8(14)6(9)3-7(10)13/h5-6,12H,3-4,9H2,1-2H3,(H2,10,13). The maximum atomic E-state index is 11.4. The predicted octanol–water partition coefficient (Wildman–Crippen LogP) is -1.97. The van der Waals surface area contributed by atoms with Crippen LogP contribution in [-0.2, 0) is 9.59 Å². The summed E-state index contributed by atoms with van der Waals surface area (Å²) in [6.07, 6.45) is -0.798. The molecule has 0 aromatic carbocycles. The Morgan fingerprint density at radius 2 is 2.00 bits per heavy atom. The molecular weight excluding hydrogens is 186 g/mol. The smallest absolute Gasteiger partial charge is 0.239 e. The minimum atomic E-state index is -0.920. The van der Waals surface area contributed by atoms with Crippen molar-refractivity contribution in [1.29, 1.82) is 0 Å². The first-order valence-corrected chi connectivity index (χ1v) is 4.31. The van der Waals surface area contributed by atoms with Crippen LogP contribution in [-0.4, -0.2) is 47.6 Å².